The Balaban J connectivity index is 1.55. The molecule has 1 aromatic rings. The number of fused-ring (bicyclic) bond motifs is 1. The minimum absolute atomic E-state index is 0.00856. The molecular weight excluding hydrogens is 280 g/mol. The summed E-state index contributed by atoms with van der Waals surface area (Å²) in [6.45, 7) is 1.35. The van der Waals surface area contributed by atoms with Gasteiger partial charge in [0.25, 0.3) is 5.91 Å². The molecule has 1 heterocycles. The highest BCUT2D eigenvalue weighted by molar-refractivity contribution is 5.97. The summed E-state index contributed by atoms with van der Waals surface area (Å²) in [5, 5.41) is 0. The number of hydrogen-bond donors (Lipinski definition) is 1. The Morgan fingerprint density at radius 2 is 2.23 bits per heavy atom. The lowest BCUT2D eigenvalue weighted by Gasteiger charge is -2.29. The van der Waals surface area contributed by atoms with Gasteiger partial charge in [0, 0.05) is 26.2 Å². The van der Waals surface area contributed by atoms with Crippen molar-refractivity contribution in [3.8, 4) is 5.75 Å². The smallest absolute Gasteiger partial charge is 0.265 e. The zero-order chi connectivity index (χ0) is 15.5. The first-order chi connectivity index (χ1) is 10.7. The van der Waals surface area contributed by atoms with Crippen molar-refractivity contribution in [2.24, 2.45) is 10.7 Å². The van der Waals surface area contributed by atoms with Gasteiger partial charge in [-0.2, -0.15) is 0 Å². The fourth-order valence-electron chi connectivity index (χ4n) is 2.58. The number of nitrogens with zero attached hydrogens (tertiary/aromatic N) is 3. The molecule has 1 amide bonds. The van der Waals surface area contributed by atoms with Crippen LogP contribution in [0.5, 0.6) is 5.75 Å². The first-order valence-corrected chi connectivity index (χ1v) is 7.72. The number of carbonyl (C=O) groups excluding carboxylic acids is 1. The maximum Gasteiger partial charge on any atom is 0.265 e. The molecular formula is C16H22N4O2. The molecule has 2 N–H and O–H groups in total. The molecule has 2 aliphatic rings. The van der Waals surface area contributed by atoms with Gasteiger partial charge in [0.1, 0.15) is 5.75 Å². The number of ether oxygens (including phenoxy) is 1. The summed E-state index contributed by atoms with van der Waals surface area (Å²) in [5.74, 6) is 1.35. The van der Waals surface area contributed by atoms with Crippen molar-refractivity contribution in [3.63, 3.8) is 0 Å². The van der Waals surface area contributed by atoms with E-state index in [2.05, 4.69) is 4.99 Å². The average molecular weight is 302 g/mol. The van der Waals surface area contributed by atoms with Gasteiger partial charge >= 0.3 is 0 Å². The molecule has 1 fully saturated rings. The van der Waals surface area contributed by atoms with Gasteiger partial charge in [-0.25, -0.2) is 0 Å². The number of carbonyl (C=O) groups is 1. The maximum absolute atomic E-state index is 12.0. The summed E-state index contributed by atoms with van der Waals surface area (Å²) in [6, 6.07) is 8.18. The minimum Gasteiger partial charge on any atom is -0.482 e. The highest BCUT2D eigenvalue weighted by Crippen LogP contribution is 2.31. The zero-order valence-corrected chi connectivity index (χ0v) is 12.9. The van der Waals surface area contributed by atoms with Gasteiger partial charge in [-0.15, -0.1) is 0 Å². The third-order valence-electron chi connectivity index (χ3n) is 4.08. The number of amides is 1. The topological polar surface area (TPSA) is 71.2 Å². The number of hydrogen-bond acceptors (Lipinski definition) is 3. The Labute approximate surface area is 130 Å². The fourth-order valence-corrected chi connectivity index (χ4v) is 2.58. The van der Waals surface area contributed by atoms with Gasteiger partial charge in [-0.1, -0.05) is 12.1 Å². The van der Waals surface area contributed by atoms with Crippen molar-refractivity contribution in [2.45, 2.75) is 25.3 Å². The highest BCUT2D eigenvalue weighted by Gasteiger charge is 2.27. The Morgan fingerprint density at radius 3 is 3.00 bits per heavy atom. The molecule has 0 radical (unpaired) electrons. The van der Waals surface area contributed by atoms with Gasteiger partial charge in [-0.05, 0) is 31.4 Å². The molecule has 1 saturated carbocycles. The van der Waals surface area contributed by atoms with Crippen LogP contribution < -0.4 is 15.4 Å². The lowest BCUT2D eigenvalue weighted by Crippen LogP contribution is -2.39. The Bertz CT molecular complexity index is 583. The largest absolute Gasteiger partial charge is 0.482 e. The minimum atomic E-state index is -0.00856. The second kappa shape index (κ2) is 6.25. The van der Waals surface area contributed by atoms with E-state index in [-0.39, 0.29) is 12.5 Å². The van der Waals surface area contributed by atoms with Crippen LogP contribution in [0.1, 0.15) is 19.3 Å². The molecule has 6 nitrogen and oxygen atoms in total. The van der Waals surface area contributed by atoms with Crippen LogP contribution in [-0.2, 0) is 4.79 Å². The molecule has 0 aromatic heterocycles. The molecule has 0 atom stereocenters. The van der Waals surface area contributed by atoms with E-state index in [1.807, 2.05) is 36.2 Å². The Morgan fingerprint density at radius 1 is 1.45 bits per heavy atom. The third-order valence-corrected chi connectivity index (χ3v) is 4.08. The molecule has 22 heavy (non-hydrogen) atoms. The molecule has 0 bridgehead atoms. The first-order valence-electron chi connectivity index (χ1n) is 7.72. The van der Waals surface area contributed by atoms with Gasteiger partial charge in [0.2, 0.25) is 0 Å². The van der Waals surface area contributed by atoms with Crippen molar-refractivity contribution < 1.29 is 9.53 Å². The molecule has 0 saturated heterocycles. The van der Waals surface area contributed by atoms with Crippen molar-refractivity contribution in [1.29, 1.82) is 0 Å². The summed E-state index contributed by atoms with van der Waals surface area (Å²) in [4.78, 5) is 20.2. The van der Waals surface area contributed by atoms with Gasteiger partial charge in [0.15, 0.2) is 12.6 Å². The first kappa shape index (κ1) is 14.7. The van der Waals surface area contributed by atoms with Crippen LogP contribution in [0.15, 0.2) is 29.3 Å². The summed E-state index contributed by atoms with van der Waals surface area (Å²) < 4.78 is 5.43. The number of nitrogens with two attached hydrogens (primary N) is 1. The van der Waals surface area contributed by atoms with Gasteiger partial charge in [-0.3, -0.25) is 9.79 Å². The molecule has 3 rings (SSSR count). The highest BCUT2D eigenvalue weighted by atomic mass is 16.5. The van der Waals surface area contributed by atoms with E-state index in [0.717, 1.165) is 17.9 Å². The Hall–Kier alpha value is -2.24. The van der Waals surface area contributed by atoms with Crippen LogP contribution in [0.4, 0.5) is 5.69 Å². The summed E-state index contributed by atoms with van der Waals surface area (Å²) in [7, 11) is 1.98. The predicted octanol–water partition coefficient (Wildman–Crippen LogP) is 1.21. The van der Waals surface area contributed by atoms with Crippen molar-refractivity contribution in [1.82, 2.24) is 4.90 Å². The van der Waals surface area contributed by atoms with Crippen molar-refractivity contribution in [2.75, 3.05) is 31.6 Å². The summed E-state index contributed by atoms with van der Waals surface area (Å²) in [6.07, 6.45) is 3.18. The average Bonchev–Trinajstić information content (AvgIpc) is 3.37. The SMILES string of the molecule is CN(C(N)=NCCCN1C(=O)COc2ccccc21)C1CC1. The fraction of sp³-hybridized carbons (Fsp3) is 0.500. The molecule has 0 unspecified atom stereocenters. The van der Waals surface area contributed by atoms with E-state index in [0.29, 0.717) is 25.1 Å². The van der Waals surface area contributed by atoms with E-state index in [4.69, 9.17) is 10.5 Å². The van der Waals surface area contributed by atoms with Crippen LogP contribution in [0.2, 0.25) is 0 Å². The van der Waals surface area contributed by atoms with E-state index >= 15 is 0 Å². The number of rotatable bonds is 5. The van der Waals surface area contributed by atoms with Crippen LogP contribution in [0.25, 0.3) is 0 Å². The van der Waals surface area contributed by atoms with Crippen LogP contribution >= 0.6 is 0 Å². The number of benzene rings is 1. The maximum atomic E-state index is 12.0. The lowest BCUT2D eigenvalue weighted by atomic mass is 10.2. The zero-order valence-electron chi connectivity index (χ0n) is 12.9. The van der Waals surface area contributed by atoms with Gasteiger partial charge < -0.3 is 20.3 Å². The number of guanidine groups is 1. The number of aliphatic imine (C=N–C) groups is 1. The predicted molar refractivity (Wildman–Crippen MR) is 86.2 cm³/mol. The van der Waals surface area contributed by atoms with Crippen molar-refractivity contribution >= 4 is 17.6 Å². The molecule has 0 spiro atoms. The van der Waals surface area contributed by atoms with Crippen LogP contribution in [-0.4, -0.2) is 49.6 Å². The van der Waals surface area contributed by atoms with E-state index in [9.17, 15) is 4.79 Å². The molecule has 1 aliphatic carbocycles. The molecule has 118 valence electrons. The van der Waals surface area contributed by atoms with Crippen LogP contribution in [0.3, 0.4) is 0 Å². The summed E-state index contributed by atoms with van der Waals surface area (Å²) >= 11 is 0. The Kier molecular flexibility index (Phi) is 4.18. The molecule has 6 heteroatoms. The molecule has 1 aromatic carbocycles. The summed E-state index contributed by atoms with van der Waals surface area (Å²) in [5.41, 5.74) is 6.80. The van der Waals surface area contributed by atoms with Crippen molar-refractivity contribution in [3.05, 3.63) is 24.3 Å². The quantitative estimate of drug-likeness (QED) is 0.504. The van der Waals surface area contributed by atoms with E-state index < -0.39 is 0 Å². The number of anilines is 1. The molecule has 1 aliphatic heterocycles. The third kappa shape index (κ3) is 3.16. The lowest BCUT2D eigenvalue weighted by molar-refractivity contribution is -0.121. The normalized spacial score (nSPS) is 18.0. The van der Waals surface area contributed by atoms with Crippen LogP contribution in [0, 0.1) is 0 Å². The standard InChI is InChI=1S/C16H22N4O2/c1-19(12-7-8-12)16(17)18-9-4-10-20-13-5-2-3-6-14(13)22-11-15(20)21/h2-3,5-6,12H,4,7-11H2,1H3,(H2,17,18). The van der Waals surface area contributed by atoms with Gasteiger partial charge in [0.05, 0.1) is 5.69 Å². The number of para-hydroxylation sites is 2. The second-order valence-electron chi connectivity index (χ2n) is 5.74. The monoisotopic (exact) mass is 302 g/mol. The second-order valence-corrected chi connectivity index (χ2v) is 5.74. The van der Waals surface area contributed by atoms with E-state index in [1.54, 1.807) is 4.90 Å². The van der Waals surface area contributed by atoms with E-state index in [1.165, 1.54) is 12.8 Å².